The van der Waals surface area contributed by atoms with Gasteiger partial charge in [-0.3, -0.25) is 9.59 Å². The second-order valence-electron chi connectivity index (χ2n) is 7.07. The number of ether oxygens (including phenoxy) is 1. The molecule has 1 aliphatic heterocycles. The molecule has 1 unspecified atom stereocenters. The molecule has 3 N–H and O–H groups in total. The molecule has 1 fully saturated rings. The van der Waals surface area contributed by atoms with Crippen molar-refractivity contribution >= 4 is 11.8 Å². The van der Waals surface area contributed by atoms with Crippen LogP contribution in [0.25, 0.3) is 0 Å². The van der Waals surface area contributed by atoms with E-state index in [-0.39, 0.29) is 28.9 Å². The zero-order valence-corrected chi connectivity index (χ0v) is 15.3. The van der Waals surface area contributed by atoms with E-state index >= 15 is 0 Å². The van der Waals surface area contributed by atoms with Crippen LogP contribution in [0.4, 0.5) is 0 Å². The van der Waals surface area contributed by atoms with Crippen molar-refractivity contribution in [3.8, 4) is 0 Å². The summed E-state index contributed by atoms with van der Waals surface area (Å²) in [6.45, 7) is 6.80. The maximum atomic E-state index is 12.7. The number of carbonyl (C=O) groups excluding carboxylic acids is 2. The number of rotatable bonds is 8. The fourth-order valence-electron chi connectivity index (χ4n) is 3.18. The van der Waals surface area contributed by atoms with Gasteiger partial charge in [-0.15, -0.1) is 0 Å². The summed E-state index contributed by atoms with van der Waals surface area (Å²) in [4.78, 5) is 24.8. The summed E-state index contributed by atoms with van der Waals surface area (Å²) in [6, 6.07) is 2.61. The Labute approximate surface area is 148 Å². The maximum Gasteiger partial charge on any atom is 0.287 e. The molecule has 0 aromatic carbocycles. The average molecular weight is 351 g/mol. The number of amides is 2. The highest BCUT2D eigenvalue weighted by atomic mass is 16.5. The van der Waals surface area contributed by atoms with Gasteiger partial charge in [0.15, 0.2) is 5.76 Å². The highest BCUT2D eigenvalue weighted by Crippen LogP contribution is 2.28. The summed E-state index contributed by atoms with van der Waals surface area (Å²) < 4.78 is 10.5. The summed E-state index contributed by atoms with van der Waals surface area (Å²) in [5.41, 5.74) is -0.0534. The lowest BCUT2D eigenvalue weighted by Crippen LogP contribution is -2.53. The van der Waals surface area contributed by atoms with Crippen molar-refractivity contribution in [1.82, 2.24) is 16.0 Å². The Balaban J connectivity index is 1.96. The van der Waals surface area contributed by atoms with E-state index in [0.717, 1.165) is 25.9 Å². The summed E-state index contributed by atoms with van der Waals surface area (Å²) >= 11 is 0. The molecular formula is C18H29N3O4. The number of hydrogen-bond acceptors (Lipinski definition) is 5. The van der Waals surface area contributed by atoms with Crippen LogP contribution in [0.3, 0.4) is 0 Å². The monoisotopic (exact) mass is 351 g/mol. The van der Waals surface area contributed by atoms with Crippen LogP contribution in [-0.4, -0.2) is 51.2 Å². The van der Waals surface area contributed by atoms with Gasteiger partial charge in [-0.2, -0.15) is 0 Å². The van der Waals surface area contributed by atoms with Crippen LogP contribution >= 0.6 is 0 Å². The molecule has 1 saturated heterocycles. The minimum atomic E-state index is -0.612. The van der Waals surface area contributed by atoms with Crippen LogP contribution < -0.4 is 16.0 Å². The normalized spacial score (nSPS) is 17.9. The van der Waals surface area contributed by atoms with Gasteiger partial charge in [0.2, 0.25) is 5.91 Å². The Morgan fingerprint density at radius 1 is 1.36 bits per heavy atom. The van der Waals surface area contributed by atoms with E-state index in [9.17, 15) is 9.59 Å². The van der Waals surface area contributed by atoms with Gasteiger partial charge in [-0.25, -0.2) is 0 Å². The van der Waals surface area contributed by atoms with Crippen LogP contribution in [-0.2, 0) is 9.53 Å². The van der Waals surface area contributed by atoms with Gasteiger partial charge < -0.3 is 25.1 Å². The number of methoxy groups -OCH3 is 1. The lowest BCUT2D eigenvalue weighted by molar-refractivity contribution is -0.124. The zero-order valence-electron chi connectivity index (χ0n) is 15.3. The van der Waals surface area contributed by atoms with Gasteiger partial charge in [-0.1, -0.05) is 13.8 Å². The van der Waals surface area contributed by atoms with Crippen LogP contribution in [0.2, 0.25) is 0 Å². The lowest BCUT2D eigenvalue weighted by atomic mass is 9.79. The molecule has 2 heterocycles. The van der Waals surface area contributed by atoms with Crippen LogP contribution in [0, 0.1) is 11.3 Å². The van der Waals surface area contributed by atoms with E-state index < -0.39 is 6.04 Å². The number of piperidine rings is 1. The fraction of sp³-hybridized carbons (Fsp3) is 0.667. The molecule has 1 aromatic heterocycles. The highest BCUT2D eigenvalue weighted by Gasteiger charge is 2.34. The molecule has 0 radical (unpaired) electrons. The SMILES string of the molecule is COCC1(CNC(=O)C(NC(=O)c2ccco2)C(C)C)CCNCC1. The lowest BCUT2D eigenvalue weighted by Gasteiger charge is -2.37. The van der Waals surface area contributed by atoms with Crippen molar-refractivity contribution in [3.05, 3.63) is 24.2 Å². The van der Waals surface area contributed by atoms with Crippen molar-refractivity contribution in [1.29, 1.82) is 0 Å². The molecule has 25 heavy (non-hydrogen) atoms. The molecule has 2 rings (SSSR count). The first-order valence-corrected chi connectivity index (χ1v) is 8.79. The van der Waals surface area contributed by atoms with Crippen molar-refractivity contribution in [2.75, 3.05) is 33.4 Å². The van der Waals surface area contributed by atoms with Crippen LogP contribution in [0.1, 0.15) is 37.2 Å². The molecule has 1 atom stereocenters. The molecule has 1 aromatic rings. The predicted molar refractivity (Wildman–Crippen MR) is 94.2 cm³/mol. The molecule has 0 saturated carbocycles. The van der Waals surface area contributed by atoms with Gasteiger partial charge in [0, 0.05) is 19.1 Å². The third-order valence-electron chi connectivity index (χ3n) is 4.73. The van der Waals surface area contributed by atoms with E-state index in [4.69, 9.17) is 9.15 Å². The van der Waals surface area contributed by atoms with E-state index in [1.54, 1.807) is 19.2 Å². The maximum absolute atomic E-state index is 12.7. The third-order valence-corrected chi connectivity index (χ3v) is 4.73. The zero-order chi connectivity index (χ0) is 18.3. The highest BCUT2D eigenvalue weighted by molar-refractivity contribution is 5.95. The first-order chi connectivity index (χ1) is 12.0. The standard InChI is InChI=1S/C18H29N3O4/c1-13(2)15(21-16(22)14-5-4-10-25-14)17(23)20-11-18(12-24-3)6-8-19-9-7-18/h4-5,10,13,15,19H,6-9,11-12H2,1-3H3,(H,20,23)(H,21,22). The molecular weight excluding hydrogens is 322 g/mol. The first-order valence-electron chi connectivity index (χ1n) is 8.79. The van der Waals surface area contributed by atoms with Gasteiger partial charge >= 0.3 is 0 Å². The molecule has 140 valence electrons. The van der Waals surface area contributed by atoms with Gasteiger partial charge in [0.05, 0.1) is 12.9 Å². The number of carbonyl (C=O) groups is 2. The van der Waals surface area contributed by atoms with Crippen molar-refractivity contribution in [3.63, 3.8) is 0 Å². The van der Waals surface area contributed by atoms with Crippen LogP contribution in [0.5, 0.6) is 0 Å². The Hall–Kier alpha value is -1.86. The second-order valence-corrected chi connectivity index (χ2v) is 7.07. The molecule has 1 aliphatic rings. The molecule has 7 heteroatoms. The minimum Gasteiger partial charge on any atom is -0.459 e. The van der Waals surface area contributed by atoms with Crippen LogP contribution in [0.15, 0.2) is 22.8 Å². The number of hydrogen-bond donors (Lipinski definition) is 3. The third kappa shape index (κ3) is 5.31. The Kier molecular flexibility index (Phi) is 7.01. The summed E-state index contributed by atoms with van der Waals surface area (Å²) in [7, 11) is 1.69. The van der Waals surface area contributed by atoms with Crippen molar-refractivity contribution in [2.24, 2.45) is 11.3 Å². The van der Waals surface area contributed by atoms with E-state index in [1.165, 1.54) is 6.26 Å². The fourth-order valence-corrected chi connectivity index (χ4v) is 3.18. The smallest absolute Gasteiger partial charge is 0.287 e. The summed E-state index contributed by atoms with van der Waals surface area (Å²) in [5.74, 6) is -0.394. The number of furan rings is 1. The van der Waals surface area contributed by atoms with Gasteiger partial charge in [0.1, 0.15) is 6.04 Å². The molecule has 0 aliphatic carbocycles. The van der Waals surface area contributed by atoms with E-state index in [1.807, 2.05) is 13.8 Å². The summed E-state index contributed by atoms with van der Waals surface area (Å²) in [5, 5.41) is 9.11. The first kappa shape index (κ1) is 19.5. The number of nitrogens with one attached hydrogen (secondary N) is 3. The Bertz CT molecular complexity index is 545. The molecule has 7 nitrogen and oxygen atoms in total. The molecule has 2 amide bonds. The van der Waals surface area contributed by atoms with Crippen molar-refractivity contribution in [2.45, 2.75) is 32.7 Å². The largest absolute Gasteiger partial charge is 0.459 e. The molecule has 0 spiro atoms. The second kappa shape index (κ2) is 9.01. The Morgan fingerprint density at radius 3 is 2.64 bits per heavy atom. The average Bonchev–Trinajstić information content (AvgIpc) is 3.13. The Morgan fingerprint density at radius 2 is 2.08 bits per heavy atom. The van der Waals surface area contributed by atoms with Gasteiger partial charge in [0.25, 0.3) is 5.91 Å². The quantitative estimate of drug-likeness (QED) is 0.654. The topological polar surface area (TPSA) is 92.6 Å². The summed E-state index contributed by atoms with van der Waals surface area (Å²) in [6.07, 6.45) is 3.34. The molecule has 0 bridgehead atoms. The van der Waals surface area contributed by atoms with E-state index in [0.29, 0.717) is 13.2 Å². The van der Waals surface area contributed by atoms with E-state index in [2.05, 4.69) is 16.0 Å². The minimum absolute atomic E-state index is 0.0368. The predicted octanol–water partition coefficient (Wildman–Crippen LogP) is 1.17. The van der Waals surface area contributed by atoms with Crippen molar-refractivity contribution < 1.29 is 18.7 Å². The van der Waals surface area contributed by atoms with Gasteiger partial charge in [-0.05, 0) is 44.0 Å².